The van der Waals surface area contributed by atoms with Crippen LogP contribution in [0.25, 0.3) is 11.3 Å². The van der Waals surface area contributed by atoms with E-state index in [1.807, 2.05) is 12.1 Å². The number of fused-ring (bicyclic) bond motifs is 2. The smallest absolute Gasteiger partial charge is 0.259 e. The number of carbonyl (C=O) groups excluding carboxylic acids is 2. The lowest BCUT2D eigenvalue weighted by atomic mass is 10.1. The zero-order chi connectivity index (χ0) is 15.8. The first-order valence-electron chi connectivity index (χ1n) is 7.02. The molecule has 0 radical (unpaired) electrons. The van der Waals surface area contributed by atoms with Gasteiger partial charge < -0.3 is 14.5 Å². The van der Waals surface area contributed by atoms with E-state index in [4.69, 9.17) is 9.15 Å². The Morgan fingerprint density at radius 2 is 1.83 bits per heavy atom. The number of hydrogen-bond acceptors (Lipinski definition) is 4. The van der Waals surface area contributed by atoms with Gasteiger partial charge in [0.15, 0.2) is 17.8 Å². The maximum absolute atomic E-state index is 12.4. The zero-order valence-corrected chi connectivity index (χ0v) is 11.9. The zero-order valence-electron chi connectivity index (χ0n) is 11.9. The summed E-state index contributed by atoms with van der Waals surface area (Å²) in [4.78, 5) is 23.2. The fraction of sp³-hybridized carbons (Fsp3) is 0. The van der Waals surface area contributed by atoms with Crippen LogP contribution in [0.3, 0.4) is 0 Å². The quantitative estimate of drug-likeness (QED) is 0.723. The van der Waals surface area contributed by atoms with E-state index in [-0.39, 0.29) is 11.7 Å². The van der Waals surface area contributed by atoms with Crippen molar-refractivity contribution < 1.29 is 18.7 Å². The van der Waals surface area contributed by atoms with E-state index >= 15 is 0 Å². The summed E-state index contributed by atoms with van der Waals surface area (Å²) in [7, 11) is 0. The second kappa shape index (κ2) is 5.14. The molecule has 0 unspecified atom stereocenters. The minimum Gasteiger partial charge on any atom is -0.454 e. The highest BCUT2D eigenvalue weighted by molar-refractivity contribution is 6.08. The lowest BCUT2D eigenvalue weighted by Gasteiger charge is -2.07. The highest BCUT2D eigenvalue weighted by Crippen LogP contribution is 2.37. The summed E-state index contributed by atoms with van der Waals surface area (Å²) in [5.74, 6) is 1.56. The second-order valence-corrected chi connectivity index (χ2v) is 5.08. The molecule has 2 heterocycles. The van der Waals surface area contributed by atoms with Crippen LogP contribution in [0.2, 0.25) is 0 Å². The van der Waals surface area contributed by atoms with E-state index < -0.39 is 0 Å². The summed E-state index contributed by atoms with van der Waals surface area (Å²) in [6, 6.07) is 15.7. The molecule has 1 aliphatic heterocycles. The Labute approximate surface area is 131 Å². The molecule has 1 amide bonds. The number of anilines is 1. The third-order valence-electron chi connectivity index (χ3n) is 3.61. The Hall–Kier alpha value is -3.34. The summed E-state index contributed by atoms with van der Waals surface area (Å²) < 4.78 is 11.2. The Kier molecular flexibility index (Phi) is 2.98. The van der Waals surface area contributed by atoms with Crippen molar-refractivity contribution in [3.63, 3.8) is 0 Å². The number of benzene rings is 2. The number of nitrogens with one attached hydrogen (secondary N) is 1. The number of furan rings is 1. The third-order valence-corrected chi connectivity index (χ3v) is 3.61. The Morgan fingerprint density at radius 1 is 0.957 bits per heavy atom. The molecule has 2 aromatic carbocycles. The standard InChI is InChI=1S/C18H11NO4/c20-10-12-6-8-15(22-12)11-5-7-16-13(9-11)18(21)19-14-3-1-2-4-17(14)23-16/h1-10H,(H,19,21). The van der Waals surface area contributed by atoms with Crippen LogP contribution in [0.15, 0.2) is 59.0 Å². The number of carbonyl (C=O) groups is 2. The van der Waals surface area contributed by atoms with Crippen molar-refractivity contribution in [1.82, 2.24) is 0 Å². The minimum absolute atomic E-state index is 0.239. The van der Waals surface area contributed by atoms with Gasteiger partial charge in [-0.05, 0) is 42.5 Å². The van der Waals surface area contributed by atoms with Gasteiger partial charge in [-0.15, -0.1) is 0 Å². The Morgan fingerprint density at radius 3 is 2.65 bits per heavy atom. The predicted octanol–water partition coefficient (Wildman–Crippen LogP) is 4.12. The molecule has 0 fully saturated rings. The molecule has 5 heteroatoms. The summed E-state index contributed by atoms with van der Waals surface area (Å²) in [5, 5.41) is 2.82. The Bertz CT molecular complexity index is 926. The normalized spacial score (nSPS) is 12.4. The van der Waals surface area contributed by atoms with Crippen LogP contribution in [-0.4, -0.2) is 12.2 Å². The van der Waals surface area contributed by atoms with Gasteiger partial charge in [0.2, 0.25) is 0 Å². The molecule has 23 heavy (non-hydrogen) atoms. The van der Waals surface area contributed by atoms with E-state index in [1.54, 1.807) is 42.5 Å². The molecule has 0 aliphatic carbocycles. The summed E-state index contributed by atoms with van der Waals surface area (Å²) in [6.07, 6.45) is 0.638. The Balaban J connectivity index is 1.79. The summed E-state index contributed by atoms with van der Waals surface area (Å²) in [5.41, 5.74) is 1.72. The third kappa shape index (κ3) is 2.28. The maximum Gasteiger partial charge on any atom is 0.259 e. The molecule has 4 rings (SSSR count). The van der Waals surface area contributed by atoms with Crippen LogP contribution >= 0.6 is 0 Å². The number of hydrogen-bond donors (Lipinski definition) is 1. The average Bonchev–Trinajstić information content (AvgIpc) is 3.00. The van der Waals surface area contributed by atoms with Crippen molar-refractivity contribution in [2.24, 2.45) is 0 Å². The van der Waals surface area contributed by atoms with Crippen molar-refractivity contribution in [3.8, 4) is 22.8 Å². The lowest BCUT2D eigenvalue weighted by molar-refractivity contribution is 0.102. The second-order valence-electron chi connectivity index (χ2n) is 5.08. The number of amides is 1. The number of aldehydes is 1. The highest BCUT2D eigenvalue weighted by atomic mass is 16.5. The topological polar surface area (TPSA) is 68.5 Å². The van der Waals surface area contributed by atoms with Gasteiger partial charge in [-0.3, -0.25) is 9.59 Å². The van der Waals surface area contributed by atoms with E-state index in [0.29, 0.717) is 40.4 Å². The van der Waals surface area contributed by atoms with Crippen molar-refractivity contribution in [3.05, 3.63) is 65.9 Å². The molecule has 112 valence electrons. The first-order valence-corrected chi connectivity index (χ1v) is 7.02. The SMILES string of the molecule is O=Cc1ccc(-c2ccc3c(c2)C(=O)Nc2ccccc2O3)o1. The van der Waals surface area contributed by atoms with E-state index in [2.05, 4.69) is 5.32 Å². The largest absolute Gasteiger partial charge is 0.454 e. The number of para-hydroxylation sites is 2. The average molecular weight is 305 g/mol. The van der Waals surface area contributed by atoms with Gasteiger partial charge in [-0.25, -0.2) is 0 Å². The van der Waals surface area contributed by atoms with Gasteiger partial charge in [0.1, 0.15) is 11.5 Å². The number of rotatable bonds is 2. The van der Waals surface area contributed by atoms with Gasteiger partial charge in [-0.2, -0.15) is 0 Å². The van der Waals surface area contributed by atoms with E-state index in [1.165, 1.54) is 0 Å². The fourth-order valence-electron chi connectivity index (χ4n) is 2.49. The molecular formula is C18H11NO4. The number of ether oxygens (including phenoxy) is 1. The lowest BCUT2D eigenvalue weighted by Crippen LogP contribution is -2.10. The molecular weight excluding hydrogens is 294 g/mol. The molecule has 1 aliphatic rings. The van der Waals surface area contributed by atoms with Crippen LogP contribution in [-0.2, 0) is 0 Å². The monoisotopic (exact) mass is 305 g/mol. The molecule has 0 atom stereocenters. The van der Waals surface area contributed by atoms with E-state index in [0.717, 1.165) is 0 Å². The van der Waals surface area contributed by atoms with Gasteiger partial charge in [-0.1, -0.05) is 12.1 Å². The van der Waals surface area contributed by atoms with Crippen molar-refractivity contribution in [2.75, 3.05) is 5.32 Å². The molecule has 0 spiro atoms. The summed E-state index contributed by atoms with van der Waals surface area (Å²) in [6.45, 7) is 0. The van der Waals surface area contributed by atoms with Gasteiger partial charge in [0.25, 0.3) is 5.91 Å². The first kappa shape index (κ1) is 13.3. The minimum atomic E-state index is -0.256. The van der Waals surface area contributed by atoms with Gasteiger partial charge >= 0.3 is 0 Å². The molecule has 1 aromatic heterocycles. The highest BCUT2D eigenvalue weighted by Gasteiger charge is 2.21. The van der Waals surface area contributed by atoms with Crippen LogP contribution in [0.1, 0.15) is 20.9 Å². The van der Waals surface area contributed by atoms with Crippen molar-refractivity contribution >= 4 is 17.9 Å². The maximum atomic E-state index is 12.4. The van der Waals surface area contributed by atoms with Crippen molar-refractivity contribution in [2.45, 2.75) is 0 Å². The van der Waals surface area contributed by atoms with Crippen molar-refractivity contribution in [1.29, 1.82) is 0 Å². The van der Waals surface area contributed by atoms with Crippen LogP contribution in [0.4, 0.5) is 5.69 Å². The molecule has 0 bridgehead atoms. The molecule has 1 N–H and O–H groups in total. The van der Waals surface area contributed by atoms with Crippen LogP contribution < -0.4 is 10.1 Å². The van der Waals surface area contributed by atoms with Gasteiger partial charge in [0.05, 0.1) is 11.3 Å². The van der Waals surface area contributed by atoms with Crippen LogP contribution in [0.5, 0.6) is 11.5 Å². The molecule has 3 aromatic rings. The van der Waals surface area contributed by atoms with E-state index in [9.17, 15) is 9.59 Å². The fourth-order valence-corrected chi connectivity index (χ4v) is 2.49. The predicted molar refractivity (Wildman–Crippen MR) is 84.0 cm³/mol. The van der Waals surface area contributed by atoms with Gasteiger partial charge in [0, 0.05) is 5.56 Å². The molecule has 0 saturated heterocycles. The molecule has 5 nitrogen and oxygen atoms in total. The van der Waals surface area contributed by atoms with Crippen LogP contribution in [0, 0.1) is 0 Å². The molecule has 0 saturated carbocycles. The summed E-state index contributed by atoms with van der Waals surface area (Å²) >= 11 is 0. The first-order chi connectivity index (χ1) is 11.2.